The highest BCUT2D eigenvalue weighted by Crippen LogP contribution is 2.11. The Morgan fingerprint density at radius 2 is 2.00 bits per heavy atom. The molecule has 0 aliphatic carbocycles. The van der Waals surface area contributed by atoms with Crippen molar-refractivity contribution in [3.8, 4) is 5.69 Å². The Labute approximate surface area is 151 Å². The first kappa shape index (κ1) is 18.0. The molecule has 1 aromatic carbocycles. The number of halogens is 1. The predicted octanol–water partition coefficient (Wildman–Crippen LogP) is 1.85. The van der Waals surface area contributed by atoms with Crippen LogP contribution in [0.2, 0.25) is 0 Å². The van der Waals surface area contributed by atoms with Gasteiger partial charge < -0.3 is 10.2 Å². The number of hydrogen-bond acceptors (Lipinski definition) is 4. The molecule has 0 bridgehead atoms. The summed E-state index contributed by atoms with van der Waals surface area (Å²) in [7, 11) is 0. The molecule has 8 heteroatoms. The molecule has 3 rings (SSSR count). The van der Waals surface area contributed by atoms with Gasteiger partial charge in [0.05, 0.1) is 5.69 Å². The van der Waals surface area contributed by atoms with Crippen LogP contribution in [0.1, 0.15) is 42.1 Å². The molecule has 2 heterocycles. The molecule has 2 amide bonds. The Morgan fingerprint density at radius 1 is 1.23 bits per heavy atom. The van der Waals surface area contributed by atoms with E-state index < -0.39 is 5.91 Å². The molecule has 2 aromatic rings. The van der Waals surface area contributed by atoms with Crippen molar-refractivity contribution >= 4 is 11.8 Å². The topological polar surface area (TPSA) is 80.1 Å². The lowest BCUT2D eigenvalue weighted by atomic mass is 10.2. The van der Waals surface area contributed by atoms with Gasteiger partial charge in [0, 0.05) is 26.1 Å². The maximum Gasteiger partial charge on any atom is 0.291 e. The van der Waals surface area contributed by atoms with E-state index in [1.165, 1.54) is 16.8 Å². The first-order chi connectivity index (χ1) is 12.5. The quantitative estimate of drug-likeness (QED) is 0.883. The first-order valence-corrected chi connectivity index (χ1v) is 8.80. The van der Waals surface area contributed by atoms with Gasteiger partial charge in [-0.25, -0.2) is 14.1 Å². The Kier molecular flexibility index (Phi) is 5.60. The number of rotatable bonds is 5. The van der Waals surface area contributed by atoms with Crippen molar-refractivity contribution < 1.29 is 14.0 Å². The number of aryl methyl sites for hydroxylation is 1. The highest BCUT2D eigenvalue weighted by molar-refractivity contribution is 5.90. The van der Waals surface area contributed by atoms with Crippen LogP contribution in [-0.2, 0) is 4.79 Å². The maximum atomic E-state index is 13.0. The van der Waals surface area contributed by atoms with Gasteiger partial charge in [-0.05, 0) is 44.0 Å². The van der Waals surface area contributed by atoms with Crippen LogP contribution in [0.25, 0.3) is 5.69 Å². The van der Waals surface area contributed by atoms with Crippen LogP contribution < -0.4 is 5.32 Å². The Hall–Kier alpha value is -2.77. The summed E-state index contributed by atoms with van der Waals surface area (Å²) in [6.45, 7) is 3.31. The summed E-state index contributed by atoms with van der Waals surface area (Å²) in [5, 5.41) is 6.95. The van der Waals surface area contributed by atoms with Gasteiger partial charge in [0.2, 0.25) is 11.7 Å². The number of hydrogen-bond donors (Lipinski definition) is 1. The average Bonchev–Trinajstić information content (AvgIpc) is 2.90. The van der Waals surface area contributed by atoms with Gasteiger partial charge in [0.15, 0.2) is 0 Å². The summed E-state index contributed by atoms with van der Waals surface area (Å²) < 4.78 is 14.5. The number of carbonyl (C=O) groups excluding carboxylic acids is 2. The largest absolute Gasteiger partial charge is 0.347 e. The molecule has 1 aliphatic heterocycles. The van der Waals surface area contributed by atoms with E-state index in [-0.39, 0.29) is 17.5 Å². The molecule has 0 saturated carbocycles. The Balaban J connectivity index is 1.59. The number of nitrogens with one attached hydrogen (secondary N) is 1. The summed E-state index contributed by atoms with van der Waals surface area (Å²) >= 11 is 0. The molecule has 7 nitrogen and oxygen atoms in total. The SMILES string of the molecule is Cc1nc(C(=O)NCCN2CCCCCC2=O)nn1-c1ccc(F)cc1. The van der Waals surface area contributed by atoms with Crippen LogP contribution in [0, 0.1) is 12.7 Å². The van der Waals surface area contributed by atoms with Gasteiger partial charge in [-0.1, -0.05) is 6.42 Å². The minimum absolute atomic E-state index is 0.0500. The number of carbonyl (C=O) groups is 2. The molecule has 1 saturated heterocycles. The molecular formula is C18H22FN5O2. The second-order valence-corrected chi connectivity index (χ2v) is 6.32. The van der Waals surface area contributed by atoms with Gasteiger partial charge in [-0.3, -0.25) is 9.59 Å². The van der Waals surface area contributed by atoms with Gasteiger partial charge in [-0.2, -0.15) is 0 Å². The van der Waals surface area contributed by atoms with Crippen LogP contribution in [0.15, 0.2) is 24.3 Å². The summed E-state index contributed by atoms with van der Waals surface area (Å²) in [5.74, 6) is -0.00597. The van der Waals surface area contributed by atoms with Gasteiger partial charge in [0.1, 0.15) is 11.6 Å². The van der Waals surface area contributed by atoms with Crippen molar-refractivity contribution in [1.29, 1.82) is 0 Å². The molecule has 1 fully saturated rings. The third-order valence-corrected chi connectivity index (χ3v) is 4.38. The number of benzene rings is 1. The van der Waals surface area contributed by atoms with Crippen LogP contribution in [0.5, 0.6) is 0 Å². The predicted molar refractivity (Wildman–Crippen MR) is 93.4 cm³/mol. The van der Waals surface area contributed by atoms with E-state index in [2.05, 4.69) is 15.4 Å². The number of aromatic nitrogens is 3. The minimum atomic E-state index is -0.392. The zero-order valence-corrected chi connectivity index (χ0v) is 14.7. The summed E-state index contributed by atoms with van der Waals surface area (Å²) in [6, 6.07) is 5.80. The molecule has 1 aliphatic rings. The molecule has 0 spiro atoms. The van der Waals surface area contributed by atoms with E-state index in [1.54, 1.807) is 24.0 Å². The van der Waals surface area contributed by atoms with Gasteiger partial charge in [-0.15, -0.1) is 5.10 Å². The van der Waals surface area contributed by atoms with Crippen molar-refractivity contribution in [2.45, 2.75) is 32.6 Å². The average molecular weight is 359 g/mol. The summed E-state index contributed by atoms with van der Waals surface area (Å²) in [5.41, 5.74) is 0.630. The fourth-order valence-corrected chi connectivity index (χ4v) is 2.97. The van der Waals surface area contributed by atoms with E-state index in [0.29, 0.717) is 31.0 Å². The molecular weight excluding hydrogens is 337 g/mol. The van der Waals surface area contributed by atoms with Crippen molar-refractivity contribution in [3.05, 3.63) is 41.7 Å². The lowest BCUT2D eigenvalue weighted by molar-refractivity contribution is -0.130. The Morgan fingerprint density at radius 3 is 2.77 bits per heavy atom. The van der Waals surface area contributed by atoms with E-state index in [1.807, 2.05) is 0 Å². The standard InChI is InChI=1S/C18H22FN5O2/c1-13-21-17(22-24(13)15-8-6-14(19)7-9-15)18(26)20-10-12-23-11-4-2-3-5-16(23)25/h6-9H,2-5,10-12H2,1H3,(H,20,26). The normalized spacial score (nSPS) is 15.0. The molecule has 1 N–H and O–H groups in total. The second-order valence-electron chi connectivity index (χ2n) is 6.32. The zero-order valence-electron chi connectivity index (χ0n) is 14.7. The monoisotopic (exact) mass is 359 g/mol. The van der Waals surface area contributed by atoms with E-state index in [0.717, 1.165) is 25.8 Å². The second kappa shape index (κ2) is 8.07. The molecule has 138 valence electrons. The molecule has 1 aromatic heterocycles. The molecule has 0 atom stereocenters. The highest BCUT2D eigenvalue weighted by atomic mass is 19.1. The minimum Gasteiger partial charge on any atom is -0.347 e. The van der Waals surface area contributed by atoms with E-state index >= 15 is 0 Å². The number of likely N-dealkylation sites (tertiary alicyclic amines) is 1. The molecule has 26 heavy (non-hydrogen) atoms. The molecule has 0 radical (unpaired) electrons. The van der Waals surface area contributed by atoms with Crippen LogP contribution in [0.4, 0.5) is 4.39 Å². The lowest BCUT2D eigenvalue weighted by Gasteiger charge is -2.20. The summed E-state index contributed by atoms with van der Waals surface area (Å²) in [4.78, 5) is 30.2. The summed E-state index contributed by atoms with van der Waals surface area (Å²) in [6.07, 6.45) is 3.59. The van der Waals surface area contributed by atoms with Crippen LogP contribution in [0.3, 0.4) is 0 Å². The van der Waals surface area contributed by atoms with Gasteiger partial charge in [0.25, 0.3) is 5.91 Å². The van der Waals surface area contributed by atoms with Crippen LogP contribution in [-0.4, -0.2) is 51.1 Å². The maximum absolute atomic E-state index is 13.0. The van der Waals surface area contributed by atoms with Crippen molar-refractivity contribution in [2.75, 3.05) is 19.6 Å². The fraction of sp³-hybridized carbons (Fsp3) is 0.444. The fourth-order valence-electron chi connectivity index (χ4n) is 2.97. The van der Waals surface area contributed by atoms with Gasteiger partial charge >= 0.3 is 0 Å². The highest BCUT2D eigenvalue weighted by Gasteiger charge is 2.18. The molecule has 0 unspecified atom stereocenters. The van der Waals surface area contributed by atoms with Crippen molar-refractivity contribution in [1.82, 2.24) is 25.0 Å². The first-order valence-electron chi connectivity index (χ1n) is 8.80. The number of amides is 2. The van der Waals surface area contributed by atoms with Crippen molar-refractivity contribution in [3.63, 3.8) is 0 Å². The van der Waals surface area contributed by atoms with Crippen molar-refractivity contribution in [2.24, 2.45) is 0 Å². The third kappa shape index (κ3) is 4.25. The van der Waals surface area contributed by atoms with Crippen LogP contribution >= 0.6 is 0 Å². The zero-order chi connectivity index (χ0) is 18.5. The Bertz CT molecular complexity index is 787. The van der Waals surface area contributed by atoms with E-state index in [9.17, 15) is 14.0 Å². The lowest BCUT2D eigenvalue weighted by Crippen LogP contribution is -2.38. The third-order valence-electron chi connectivity index (χ3n) is 4.38. The number of nitrogens with zero attached hydrogens (tertiary/aromatic N) is 4. The van der Waals surface area contributed by atoms with E-state index in [4.69, 9.17) is 0 Å². The smallest absolute Gasteiger partial charge is 0.291 e.